The molecule has 4 heteroatoms. The number of benzene rings is 2. The molecule has 2 aromatic carbocycles. The molecule has 0 aromatic heterocycles. The van der Waals surface area contributed by atoms with Gasteiger partial charge >= 0.3 is 0 Å². The first-order valence-corrected chi connectivity index (χ1v) is 9.14. The average Bonchev–Trinajstić information content (AvgIpc) is 3.20. The second kappa shape index (κ2) is 5.52. The van der Waals surface area contributed by atoms with E-state index in [9.17, 15) is 8.42 Å². The van der Waals surface area contributed by atoms with E-state index in [1.807, 2.05) is 31.2 Å². The number of aryl methyl sites for hydroxylation is 2. The van der Waals surface area contributed by atoms with E-state index in [4.69, 9.17) is 5.73 Å². The van der Waals surface area contributed by atoms with Gasteiger partial charge in [-0.05, 0) is 36.6 Å². The molecule has 116 valence electrons. The molecule has 1 aliphatic rings. The molecule has 3 atom stereocenters. The maximum Gasteiger partial charge on any atom is 0.183 e. The third-order valence-electron chi connectivity index (χ3n) is 4.49. The molecule has 1 aliphatic carbocycles. The van der Waals surface area contributed by atoms with Gasteiger partial charge in [0.25, 0.3) is 0 Å². The summed E-state index contributed by atoms with van der Waals surface area (Å²) in [5.41, 5.74) is 9.40. The van der Waals surface area contributed by atoms with E-state index >= 15 is 0 Å². The number of nitrogens with two attached hydrogens (primary N) is 1. The molecule has 0 saturated heterocycles. The minimum absolute atomic E-state index is 0.0998. The van der Waals surface area contributed by atoms with Crippen molar-refractivity contribution >= 4 is 9.84 Å². The Morgan fingerprint density at radius 1 is 1.00 bits per heavy atom. The van der Waals surface area contributed by atoms with Crippen LogP contribution in [0.2, 0.25) is 0 Å². The molecule has 0 heterocycles. The number of hydrogen-bond acceptors (Lipinski definition) is 3. The molecule has 1 saturated carbocycles. The fourth-order valence-electron chi connectivity index (χ4n) is 2.98. The Kier molecular flexibility index (Phi) is 3.83. The molecule has 0 radical (unpaired) electrons. The third kappa shape index (κ3) is 2.57. The van der Waals surface area contributed by atoms with E-state index in [0.717, 1.165) is 17.5 Å². The summed E-state index contributed by atoms with van der Waals surface area (Å²) < 4.78 is 25.5. The van der Waals surface area contributed by atoms with Crippen molar-refractivity contribution in [1.82, 2.24) is 0 Å². The molecule has 3 rings (SSSR count). The topological polar surface area (TPSA) is 60.2 Å². The van der Waals surface area contributed by atoms with Crippen LogP contribution in [0.3, 0.4) is 0 Å². The average molecular weight is 315 g/mol. The monoisotopic (exact) mass is 315 g/mol. The van der Waals surface area contributed by atoms with Crippen LogP contribution in [-0.4, -0.2) is 19.7 Å². The van der Waals surface area contributed by atoms with Crippen molar-refractivity contribution in [2.24, 2.45) is 5.73 Å². The highest BCUT2D eigenvalue weighted by Gasteiger charge is 2.57. The van der Waals surface area contributed by atoms with E-state index in [1.54, 1.807) is 12.1 Å². The summed E-state index contributed by atoms with van der Waals surface area (Å²) >= 11 is 0. The van der Waals surface area contributed by atoms with Gasteiger partial charge in [0.2, 0.25) is 0 Å². The summed E-state index contributed by atoms with van der Waals surface area (Å²) in [7, 11) is -3.37. The lowest BCUT2D eigenvalue weighted by Crippen LogP contribution is -2.15. The van der Waals surface area contributed by atoms with E-state index < -0.39 is 15.1 Å². The molecular weight excluding hydrogens is 294 g/mol. The van der Waals surface area contributed by atoms with Gasteiger partial charge < -0.3 is 5.73 Å². The molecule has 0 aliphatic heterocycles. The molecule has 0 amide bonds. The molecule has 1 fully saturated rings. The first kappa shape index (κ1) is 15.3. The first-order valence-electron chi connectivity index (χ1n) is 7.60. The standard InChI is InChI=1S/C18H21NO2S/c1-3-13-6-8-14(9-7-13)16-17(19)18(16)22(20,21)15-10-4-12(2)5-11-15/h4-11,16-18H,3,19H2,1-2H3/t16-,17-,18-/m1/s1. The minimum atomic E-state index is -3.37. The van der Waals surface area contributed by atoms with Crippen molar-refractivity contribution in [3.63, 3.8) is 0 Å². The zero-order valence-electron chi connectivity index (χ0n) is 12.9. The van der Waals surface area contributed by atoms with Crippen LogP contribution in [0.15, 0.2) is 53.4 Å². The van der Waals surface area contributed by atoms with Gasteiger partial charge in [0.05, 0.1) is 10.1 Å². The molecule has 2 N–H and O–H groups in total. The Morgan fingerprint density at radius 3 is 2.14 bits per heavy atom. The quantitative estimate of drug-likeness (QED) is 0.944. The Hall–Kier alpha value is -1.65. The zero-order chi connectivity index (χ0) is 15.9. The fraction of sp³-hybridized carbons (Fsp3) is 0.333. The summed E-state index contributed by atoms with van der Waals surface area (Å²) in [5, 5.41) is -0.511. The van der Waals surface area contributed by atoms with Crippen molar-refractivity contribution in [1.29, 1.82) is 0 Å². The Morgan fingerprint density at radius 2 is 1.59 bits per heavy atom. The molecule has 0 unspecified atom stereocenters. The minimum Gasteiger partial charge on any atom is -0.326 e. The molecule has 2 aromatic rings. The van der Waals surface area contributed by atoms with Crippen LogP contribution >= 0.6 is 0 Å². The predicted octanol–water partition coefficient (Wildman–Crippen LogP) is 2.82. The lowest BCUT2D eigenvalue weighted by Gasteiger charge is -2.05. The highest BCUT2D eigenvalue weighted by Crippen LogP contribution is 2.47. The molecule has 22 heavy (non-hydrogen) atoms. The number of hydrogen-bond donors (Lipinski definition) is 1. The smallest absolute Gasteiger partial charge is 0.183 e. The summed E-state index contributed by atoms with van der Waals surface area (Å²) in [4.78, 5) is 0.367. The van der Waals surface area contributed by atoms with Gasteiger partial charge in [-0.1, -0.05) is 48.9 Å². The van der Waals surface area contributed by atoms with Crippen LogP contribution in [0.5, 0.6) is 0 Å². The van der Waals surface area contributed by atoms with Crippen LogP contribution in [0.1, 0.15) is 29.5 Å². The fourth-order valence-corrected chi connectivity index (χ4v) is 5.02. The predicted molar refractivity (Wildman–Crippen MR) is 88.7 cm³/mol. The van der Waals surface area contributed by atoms with Crippen LogP contribution in [0, 0.1) is 6.92 Å². The SMILES string of the molecule is CCc1ccc([C@@H]2[C@@H](N)[C@@H]2S(=O)(=O)c2ccc(C)cc2)cc1. The second-order valence-corrected chi connectivity index (χ2v) is 8.13. The maximum absolute atomic E-state index is 12.7. The van der Waals surface area contributed by atoms with Crippen LogP contribution in [0.25, 0.3) is 0 Å². The van der Waals surface area contributed by atoms with Gasteiger partial charge in [0.1, 0.15) is 0 Å². The van der Waals surface area contributed by atoms with Crippen LogP contribution in [0.4, 0.5) is 0 Å². The molecule has 0 bridgehead atoms. The highest BCUT2D eigenvalue weighted by atomic mass is 32.2. The van der Waals surface area contributed by atoms with Gasteiger partial charge in [0.15, 0.2) is 9.84 Å². The van der Waals surface area contributed by atoms with E-state index in [1.165, 1.54) is 5.56 Å². The van der Waals surface area contributed by atoms with E-state index in [2.05, 4.69) is 19.1 Å². The zero-order valence-corrected chi connectivity index (χ0v) is 13.7. The van der Waals surface area contributed by atoms with E-state index in [-0.39, 0.29) is 12.0 Å². The summed E-state index contributed by atoms with van der Waals surface area (Å²) in [6.45, 7) is 4.04. The lowest BCUT2D eigenvalue weighted by atomic mass is 10.1. The van der Waals surface area contributed by atoms with Crippen molar-refractivity contribution in [3.8, 4) is 0 Å². The van der Waals surface area contributed by atoms with Crippen LogP contribution < -0.4 is 5.73 Å². The first-order chi connectivity index (χ1) is 10.4. The third-order valence-corrected chi connectivity index (χ3v) is 6.74. The highest BCUT2D eigenvalue weighted by molar-refractivity contribution is 7.92. The Balaban J connectivity index is 1.87. The second-order valence-electron chi connectivity index (χ2n) is 6.02. The summed E-state index contributed by atoms with van der Waals surface area (Å²) in [5.74, 6) is -0.0998. The number of rotatable bonds is 4. The normalized spacial score (nSPS) is 24.2. The Labute approximate surface area is 132 Å². The number of sulfone groups is 1. The molecule has 3 nitrogen and oxygen atoms in total. The summed E-state index contributed by atoms with van der Waals surface area (Å²) in [6.07, 6.45) is 0.974. The molecule has 0 spiro atoms. The van der Waals surface area contributed by atoms with E-state index in [0.29, 0.717) is 4.90 Å². The summed E-state index contributed by atoms with van der Waals surface area (Å²) in [6, 6.07) is 14.8. The van der Waals surface area contributed by atoms with Crippen LogP contribution in [-0.2, 0) is 16.3 Å². The van der Waals surface area contributed by atoms with Gasteiger partial charge in [-0.15, -0.1) is 0 Å². The van der Waals surface area contributed by atoms with Gasteiger partial charge in [0, 0.05) is 12.0 Å². The Bertz CT molecular complexity index is 764. The molecular formula is C18H21NO2S. The largest absolute Gasteiger partial charge is 0.326 e. The van der Waals surface area contributed by atoms with Gasteiger partial charge in [-0.2, -0.15) is 0 Å². The van der Waals surface area contributed by atoms with Crippen molar-refractivity contribution in [2.45, 2.75) is 42.4 Å². The van der Waals surface area contributed by atoms with Crippen molar-refractivity contribution in [3.05, 3.63) is 65.2 Å². The lowest BCUT2D eigenvalue weighted by molar-refractivity contribution is 0.593. The van der Waals surface area contributed by atoms with Crippen molar-refractivity contribution in [2.75, 3.05) is 0 Å². The van der Waals surface area contributed by atoms with Gasteiger partial charge in [-0.25, -0.2) is 8.42 Å². The van der Waals surface area contributed by atoms with Crippen molar-refractivity contribution < 1.29 is 8.42 Å². The maximum atomic E-state index is 12.7. The van der Waals surface area contributed by atoms with Gasteiger partial charge in [-0.3, -0.25) is 0 Å².